The van der Waals surface area contributed by atoms with E-state index in [9.17, 15) is 9.18 Å². The van der Waals surface area contributed by atoms with Crippen molar-refractivity contribution >= 4 is 17.5 Å². The molecule has 0 saturated heterocycles. The summed E-state index contributed by atoms with van der Waals surface area (Å²) in [5.74, 6) is 0.0760. The van der Waals surface area contributed by atoms with Gasteiger partial charge in [0.15, 0.2) is 6.10 Å². The number of amides is 1. The number of hydrogen-bond acceptors (Lipinski definition) is 2. The molecule has 0 aromatic heterocycles. The largest absolute Gasteiger partial charge is 0.481 e. The topological polar surface area (TPSA) is 38.3 Å². The van der Waals surface area contributed by atoms with Crippen molar-refractivity contribution in [2.45, 2.75) is 19.4 Å². The lowest BCUT2D eigenvalue weighted by atomic mass is 10.1. The van der Waals surface area contributed by atoms with Crippen LogP contribution in [0.15, 0.2) is 48.5 Å². The summed E-state index contributed by atoms with van der Waals surface area (Å²) >= 11 is 5.86. The van der Waals surface area contributed by atoms with Gasteiger partial charge >= 0.3 is 0 Å². The quantitative estimate of drug-likeness (QED) is 0.882. The Morgan fingerprint density at radius 1 is 1.27 bits per heavy atom. The van der Waals surface area contributed by atoms with E-state index >= 15 is 0 Å². The van der Waals surface area contributed by atoms with Gasteiger partial charge in [-0.1, -0.05) is 29.8 Å². The van der Waals surface area contributed by atoms with Crippen LogP contribution in [0.25, 0.3) is 0 Å². The predicted molar refractivity (Wildman–Crippen MR) is 84.7 cm³/mol. The van der Waals surface area contributed by atoms with Crippen molar-refractivity contribution in [1.29, 1.82) is 0 Å². The third-order valence-corrected chi connectivity index (χ3v) is 3.34. The fraction of sp³-hybridized carbons (Fsp3) is 0.235. The van der Waals surface area contributed by atoms with Crippen molar-refractivity contribution in [3.05, 3.63) is 64.9 Å². The molecule has 0 aliphatic carbocycles. The predicted octanol–water partition coefficient (Wildman–Crippen LogP) is 3.61. The second-order valence-electron chi connectivity index (χ2n) is 4.88. The number of nitrogens with one attached hydrogen (secondary N) is 1. The van der Waals surface area contributed by atoms with Crippen LogP contribution in [0.5, 0.6) is 5.75 Å². The lowest BCUT2D eigenvalue weighted by molar-refractivity contribution is -0.127. The van der Waals surface area contributed by atoms with E-state index in [2.05, 4.69) is 5.32 Å². The molecule has 1 amide bonds. The first kappa shape index (κ1) is 16.3. The van der Waals surface area contributed by atoms with Gasteiger partial charge in [-0.25, -0.2) is 4.39 Å². The molecule has 2 rings (SSSR count). The summed E-state index contributed by atoms with van der Waals surface area (Å²) in [5, 5.41) is 3.35. The maximum absolute atomic E-state index is 12.8. The highest BCUT2D eigenvalue weighted by Crippen LogP contribution is 2.18. The number of hydrogen-bond donors (Lipinski definition) is 1. The Morgan fingerprint density at radius 3 is 2.68 bits per heavy atom. The average molecular weight is 322 g/mol. The molecule has 0 radical (unpaired) electrons. The minimum Gasteiger partial charge on any atom is -0.481 e. The molecule has 2 aromatic carbocycles. The van der Waals surface area contributed by atoms with Crippen LogP contribution in [0.3, 0.4) is 0 Å². The third-order valence-electron chi connectivity index (χ3n) is 3.10. The molecule has 0 aliphatic rings. The molecule has 2 aromatic rings. The molecular formula is C17H17ClFNO2. The fourth-order valence-corrected chi connectivity index (χ4v) is 2.10. The van der Waals surface area contributed by atoms with Gasteiger partial charge in [0.1, 0.15) is 11.6 Å². The Labute approximate surface area is 134 Å². The van der Waals surface area contributed by atoms with Gasteiger partial charge in [0.2, 0.25) is 0 Å². The van der Waals surface area contributed by atoms with Crippen LogP contribution in [0.2, 0.25) is 5.02 Å². The zero-order valence-corrected chi connectivity index (χ0v) is 12.9. The summed E-state index contributed by atoms with van der Waals surface area (Å²) in [6.45, 7) is 2.14. The second kappa shape index (κ2) is 7.80. The standard InChI is InChI=1S/C17H17ClFNO2/c1-12(22-16-4-2-3-14(18)11-16)17(21)20-10-9-13-5-7-15(19)8-6-13/h2-8,11-12H,9-10H2,1H3,(H,20,21)/t12-/m0/s1. The number of ether oxygens (including phenoxy) is 1. The van der Waals surface area contributed by atoms with E-state index in [0.29, 0.717) is 23.7 Å². The van der Waals surface area contributed by atoms with Gasteiger partial charge in [0.05, 0.1) is 0 Å². The number of carbonyl (C=O) groups excluding carboxylic acids is 1. The Hall–Kier alpha value is -2.07. The van der Waals surface area contributed by atoms with Gasteiger partial charge in [0.25, 0.3) is 5.91 Å². The van der Waals surface area contributed by atoms with Gasteiger partial charge in [-0.15, -0.1) is 0 Å². The zero-order valence-electron chi connectivity index (χ0n) is 12.2. The molecule has 1 atom stereocenters. The molecule has 22 heavy (non-hydrogen) atoms. The highest BCUT2D eigenvalue weighted by Gasteiger charge is 2.14. The Balaban J connectivity index is 1.77. The Kier molecular flexibility index (Phi) is 5.78. The molecule has 116 valence electrons. The van der Waals surface area contributed by atoms with E-state index in [1.807, 2.05) is 0 Å². The van der Waals surface area contributed by atoms with E-state index in [1.54, 1.807) is 43.3 Å². The number of halogens is 2. The number of carbonyl (C=O) groups is 1. The highest BCUT2D eigenvalue weighted by molar-refractivity contribution is 6.30. The summed E-state index contributed by atoms with van der Waals surface area (Å²) < 4.78 is 18.3. The van der Waals surface area contributed by atoms with E-state index in [0.717, 1.165) is 5.56 Å². The molecule has 0 aliphatic heterocycles. The molecule has 5 heteroatoms. The maximum Gasteiger partial charge on any atom is 0.260 e. The van der Waals surface area contributed by atoms with Crippen LogP contribution < -0.4 is 10.1 Å². The van der Waals surface area contributed by atoms with Crippen LogP contribution in [0.1, 0.15) is 12.5 Å². The zero-order chi connectivity index (χ0) is 15.9. The lowest BCUT2D eigenvalue weighted by Crippen LogP contribution is -2.37. The smallest absolute Gasteiger partial charge is 0.260 e. The third kappa shape index (κ3) is 5.04. The molecule has 0 unspecified atom stereocenters. The maximum atomic E-state index is 12.8. The van der Waals surface area contributed by atoms with Crippen molar-refractivity contribution in [2.75, 3.05) is 6.54 Å². The van der Waals surface area contributed by atoms with Crippen LogP contribution in [0.4, 0.5) is 4.39 Å². The van der Waals surface area contributed by atoms with E-state index in [4.69, 9.17) is 16.3 Å². The van der Waals surface area contributed by atoms with Crippen LogP contribution in [0, 0.1) is 5.82 Å². The molecule has 0 bridgehead atoms. The van der Waals surface area contributed by atoms with Crippen molar-refractivity contribution in [1.82, 2.24) is 5.32 Å². The molecule has 3 nitrogen and oxygen atoms in total. The first-order chi connectivity index (χ1) is 10.5. The SMILES string of the molecule is C[C@H](Oc1cccc(Cl)c1)C(=O)NCCc1ccc(F)cc1. The number of benzene rings is 2. The molecule has 0 fully saturated rings. The molecule has 0 saturated carbocycles. The first-order valence-electron chi connectivity index (χ1n) is 6.99. The van der Waals surface area contributed by atoms with Crippen LogP contribution in [-0.2, 0) is 11.2 Å². The van der Waals surface area contributed by atoms with Gasteiger partial charge in [-0.05, 0) is 49.2 Å². The van der Waals surface area contributed by atoms with Crippen LogP contribution in [-0.4, -0.2) is 18.6 Å². The van der Waals surface area contributed by atoms with Gasteiger partial charge < -0.3 is 10.1 Å². The van der Waals surface area contributed by atoms with Crippen molar-refractivity contribution in [2.24, 2.45) is 0 Å². The van der Waals surface area contributed by atoms with Crippen molar-refractivity contribution < 1.29 is 13.9 Å². The van der Waals surface area contributed by atoms with Gasteiger partial charge in [0, 0.05) is 11.6 Å². The summed E-state index contributed by atoms with van der Waals surface area (Å²) in [6.07, 6.45) is 0.0160. The monoisotopic (exact) mass is 321 g/mol. The average Bonchev–Trinajstić information content (AvgIpc) is 2.49. The minimum atomic E-state index is -0.619. The Bertz CT molecular complexity index is 631. The molecule has 1 N–H and O–H groups in total. The van der Waals surface area contributed by atoms with E-state index in [1.165, 1.54) is 12.1 Å². The summed E-state index contributed by atoms with van der Waals surface area (Å²) in [7, 11) is 0. The van der Waals surface area contributed by atoms with E-state index in [-0.39, 0.29) is 11.7 Å². The first-order valence-corrected chi connectivity index (χ1v) is 7.37. The fourth-order valence-electron chi connectivity index (χ4n) is 1.92. The second-order valence-corrected chi connectivity index (χ2v) is 5.32. The van der Waals surface area contributed by atoms with Crippen LogP contribution >= 0.6 is 11.6 Å². The van der Waals surface area contributed by atoms with Gasteiger partial charge in [-0.3, -0.25) is 4.79 Å². The van der Waals surface area contributed by atoms with Crippen molar-refractivity contribution in [3.8, 4) is 5.75 Å². The molecular weight excluding hydrogens is 305 g/mol. The molecule has 0 spiro atoms. The summed E-state index contributed by atoms with van der Waals surface area (Å²) in [4.78, 5) is 11.9. The van der Waals surface area contributed by atoms with Gasteiger partial charge in [-0.2, -0.15) is 0 Å². The normalized spacial score (nSPS) is 11.8. The highest BCUT2D eigenvalue weighted by atomic mass is 35.5. The summed E-state index contributed by atoms with van der Waals surface area (Å²) in [6, 6.07) is 13.1. The number of rotatable bonds is 6. The van der Waals surface area contributed by atoms with E-state index < -0.39 is 6.10 Å². The van der Waals surface area contributed by atoms with Crippen molar-refractivity contribution in [3.63, 3.8) is 0 Å². The Morgan fingerprint density at radius 2 is 2.00 bits per heavy atom. The molecule has 0 heterocycles. The lowest BCUT2D eigenvalue weighted by Gasteiger charge is -2.15. The summed E-state index contributed by atoms with van der Waals surface area (Å²) in [5.41, 5.74) is 0.963. The minimum absolute atomic E-state index is 0.206.